The molecule has 0 spiro atoms. The predicted molar refractivity (Wildman–Crippen MR) is 66.4 cm³/mol. The van der Waals surface area contributed by atoms with E-state index < -0.39 is 6.10 Å². The molecule has 2 atom stereocenters. The molecule has 0 aromatic heterocycles. The normalized spacial score (nSPS) is 22.6. The molecule has 1 saturated heterocycles. The van der Waals surface area contributed by atoms with Crippen molar-refractivity contribution in [3.63, 3.8) is 0 Å². The van der Waals surface area contributed by atoms with Gasteiger partial charge in [0.15, 0.2) is 0 Å². The van der Waals surface area contributed by atoms with Gasteiger partial charge in [0.05, 0.1) is 12.6 Å². The minimum atomic E-state index is -0.578. The zero-order valence-electron chi connectivity index (χ0n) is 10.2. The number of hydrogen-bond donors (Lipinski definition) is 1. The summed E-state index contributed by atoms with van der Waals surface area (Å²) in [5.41, 5.74) is 0.874. The topological polar surface area (TPSA) is 40.5 Å². The van der Waals surface area contributed by atoms with Crippen LogP contribution in [-0.4, -0.2) is 29.0 Å². The highest BCUT2D eigenvalue weighted by Crippen LogP contribution is 2.21. The highest BCUT2D eigenvalue weighted by Gasteiger charge is 2.26. The number of benzene rings is 1. The van der Waals surface area contributed by atoms with Gasteiger partial charge in [0.25, 0.3) is 0 Å². The Labute approximate surface area is 102 Å². The third-order valence-corrected chi connectivity index (χ3v) is 3.38. The molecule has 3 nitrogen and oxygen atoms in total. The maximum absolute atomic E-state index is 11.9. The molecule has 17 heavy (non-hydrogen) atoms. The first-order valence-corrected chi connectivity index (χ1v) is 6.20. The maximum atomic E-state index is 11.9. The van der Waals surface area contributed by atoms with Crippen LogP contribution in [0.25, 0.3) is 0 Å². The summed E-state index contributed by atoms with van der Waals surface area (Å²) in [4.78, 5) is 13.7. The number of rotatable bonds is 3. The third kappa shape index (κ3) is 2.86. The van der Waals surface area contributed by atoms with E-state index in [0.29, 0.717) is 6.54 Å². The molecule has 1 aromatic rings. The first kappa shape index (κ1) is 12.1. The minimum Gasteiger partial charge on any atom is -0.387 e. The molecule has 0 saturated carbocycles. The van der Waals surface area contributed by atoms with Crippen molar-refractivity contribution in [3.05, 3.63) is 35.9 Å². The lowest BCUT2D eigenvalue weighted by molar-refractivity contribution is -0.139. The number of aliphatic hydroxyl groups excluding tert-OH is 1. The van der Waals surface area contributed by atoms with Crippen molar-refractivity contribution in [1.82, 2.24) is 4.90 Å². The van der Waals surface area contributed by atoms with E-state index in [-0.39, 0.29) is 11.8 Å². The first-order valence-electron chi connectivity index (χ1n) is 6.20. The van der Waals surface area contributed by atoms with E-state index in [4.69, 9.17) is 0 Å². The molecular formula is C14H19NO2. The van der Waals surface area contributed by atoms with Crippen molar-refractivity contribution in [2.75, 3.05) is 13.1 Å². The number of aliphatic hydroxyl groups is 1. The second-order valence-electron chi connectivity index (χ2n) is 4.75. The number of nitrogens with zero attached hydrogens (tertiary/aromatic N) is 1. The summed E-state index contributed by atoms with van der Waals surface area (Å²) in [6.07, 6.45) is 1.43. The van der Waals surface area contributed by atoms with Gasteiger partial charge in [-0.3, -0.25) is 4.79 Å². The Kier molecular flexibility index (Phi) is 3.79. The molecule has 1 aliphatic heterocycles. The summed E-state index contributed by atoms with van der Waals surface area (Å²) in [5.74, 6) is 0.276. The monoisotopic (exact) mass is 233 g/mol. The van der Waals surface area contributed by atoms with Gasteiger partial charge in [0.1, 0.15) is 0 Å². The van der Waals surface area contributed by atoms with Crippen LogP contribution in [-0.2, 0) is 4.79 Å². The van der Waals surface area contributed by atoms with Crippen molar-refractivity contribution in [2.24, 2.45) is 5.92 Å². The Hall–Kier alpha value is -1.35. The summed E-state index contributed by atoms with van der Waals surface area (Å²) < 4.78 is 0. The molecular weight excluding hydrogens is 214 g/mol. The van der Waals surface area contributed by atoms with Gasteiger partial charge in [0, 0.05) is 12.5 Å². The smallest absolute Gasteiger partial charge is 0.225 e. The number of piperidine rings is 1. The van der Waals surface area contributed by atoms with E-state index in [1.54, 1.807) is 4.90 Å². The van der Waals surface area contributed by atoms with Gasteiger partial charge in [-0.15, -0.1) is 0 Å². The zero-order chi connectivity index (χ0) is 12.3. The second-order valence-corrected chi connectivity index (χ2v) is 4.75. The van der Waals surface area contributed by atoms with E-state index in [1.807, 2.05) is 37.3 Å². The number of carbonyl (C=O) groups excluding carboxylic acids is 1. The molecule has 1 heterocycles. The Morgan fingerprint density at radius 1 is 1.41 bits per heavy atom. The number of likely N-dealkylation sites (tertiary alicyclic amines) is 1. The van der Waals surface area contributed by atoms with Crippen LogP contribution in [0, 0.1) is 5.92 Å². The lowest BCUT2D eigenvalue weighted by Gasteiger charge is -2.32. The maximum Gasteiger partial charge on any atom is 0.225 e. The summed E-state index contributed by atoms with van der Waals surface area (Å²) >= 11 is 0. The summed E-state index contributed by atoms with van der Waals surface area (Å²) in [6, 6.07) is 9.51. The van der Waals surface area contributed by atoms with Gasteiger partial charge in [-0.1, -0.05) is 37.3 Å². The van der Waals surface area contributed by atoms with Crippen molar-refractivity contribution < 1.29 is 9.90 Å². The zero-order valence-corrected chi connectivity index (χ0v) is 10.2. The molecule has 0 bridgehead atoms. The molecule has 92 valence electrons. The fourth-order valence-electron chi connectivity index (χ4n) is 2.30. The van der Waals surface area contributed by atoms with Gasteiger partial charge in [-0.2, -0.15) is 0 Å². The van der Waals surface area contributed by atoms with Crippen LogP contribution in [0.15, 0.2) is 30.3 Å². The molecule has 1 aromatic carbocycles. The Bertz CT molecular complexity index is 377. The molecule has 1 N–H and O–H groups in total. The number of β-amino-alcohol motifs (C(OH)–C–C–N with tert-alkyl or cyclic N) is 1. The van der Waals surface area contributed by atoms with Crippen LogP contribution in [0.4, 0.5) is 0 Å². The molecule has 3 heteroatoms. The van der Waals surface area contributed by atoms with E-state index in [9.17, 15) is 9.90 Å². The number of hydrogen-bond acceptors (Lipinski definition) is 2. The fourth-order valence-corrected chi connectivity index (χ4v) is 2.30. The van der Waals surface area contributed by atoms with Gasteiger partial charge < -0.3 is 10.0 Å². The van der Waals surface area contributed by atoms with Crippen LogP contribution < -0.4 is 0 Å². The van der Waals surface area contributed by atoms with Gasteiger partial charge in [-0.05, 0) is 18.4 Å². The lowest BCUT2D eigenvalue weighted by Crippen LogP contribution is -2.42. The van der Waals surface area contributed by atoms with E-state index in [0.717, 1.165) is 24.9 Å². The van der Waals surface area contributed by atoms with Crippen LogP contribution >= 0.6 is 0 Å². The Balaban J connectivity index is 1.99. The van der Waals surface area contributed by atoms with Crippen molar-refractivity contribution in [1.29, 1.82) is 0 Å². The highest BCUT2D eigenvalue weighted by atomic mass is 16.3. The van der Waals surface area contributed by atoms with Crippen molar-refractivity contribution in [2.45, 2.75) is 25.9 Å². The molecule has 2 unspecified atom stereocenters. The lowest BCUT2D eigenvalue weighted by atomic mass is 9.98. The molecule has 1 fully saturated rings. The Morgan fingerprint density at radius 2 is 2.12 bits per heavy atom. The molecule has 2 rings (SSSR count). The van der Waals surface area contributed by atoms with E-state index in [2.05, 4.69) is 0 Å². The molecule has 1 aliphatic rings. The fraction of sp³-hybridized carbons (Fsp3) is 0.500. The van der Waals surface area contributed by atoms with Crippen molar-refractivity contribution in [3.8, 4) is 0 Å². The highest BCUT2D eigenvalue weighted by molar-refractivity contribution is 5.79. The average Bonchev–Trinajstić information content (AvgIpc) is 2.36. The molecule has 0 aliphatic carbocycles. The van der Waals surface area contributed by atoms with Gasteiger partial charge in [0.2, 0.25) is 5.91 Å². The van der Waals surface area contributed by atoms with Crippen LogP contribution in [0.3, 0.4) is 0 Å². The van der Waals surface area contributed by atoms with Crippen LogP contribution in [0.5, 0.6) is 0 Å². The summed E-state index contributed by atoms with van der Waals surface area (Å²) in [7, 11) is 0. The quantitative estimate of drug-likeness (QED) is 0.867. The second kappa shape index (κ2) is 5.32. The summed E-state index contributed by atoms with van der Waals surface area (Å²) in [6.45, 7) is 3.14. The largest absolute Gasteiger partial charge is 0.387 e. The third-order valence-electron chi connectivity index (χ3n) is 3.38. The summed E-state index contributed by atoms with van der Waals surface area (Å²) in [5, 5.41) is 10.1. The van der Waals surface area contributed by atoms with E-state index in [1.165, 1.54) is 0 Å². The Morgan fingerprint density at radius 3 is 2.82 bits per heavy atom. The molecule has 0 radical (unpaired) electrons. The SMILES string of the molecule is CC1CCCN(CC(O)c2ccccc2)C1=O. The van der Waals surface area contributed by atoms with E-state index >= 15 is 0 Å². The van der Waals surface area contributed by atoms with Crippen molar-refractivity contribution >= 4 is 5.91 Å². The van der Waals surface area contributed by atoms with Crippen LogP contribution in [0.2, 0.25) is 0 Å². The first-order chi connectivity index (χ1) is 8.18. The minimum absolute atomic E-state index is 0.103. The number of carbonyl (C=O) groups is 1. The predicted octanol–water partition coefficient (Wildman–Crippen LogP) is 1.98. The molecule has 1 amide bonds. The van der Waals surface area contributed by atoms with Gasteiger partial charge >= 0.3 is 0 Å². The van der Waals surface area contributed by atoms with Crippen LogP contribution in [0.1, 0.15) is 31.4 Å². The standard InChI is InChI=1S/C14H19NO2/c1-11-6-5-9-15(14(11)17)10-13(16)12-7-3-2-4-8-12/h2-4,7-8,11,13,16H,5-6,9-10H2,1H3. The van der Waals surface area contributed by atoms with Gasteiger partial charge in [-0.25, -0.2) is 0 Å². The average molecular weight is 233 g/mol. The number of amides is 1.